The minimum Gasteiger partial charge on any atom is -0.462 e. The molecule has 0 bridgehead atoms. The summed E-state index contributed by atoms with van der Waals surface area (Å²) in [5.74, 6) is -0.657. The summed E-state index contributed by atoms with van der Waals surface area (Å²) in [5.41, 5.74) is -0.823. The Kier molecular flexibility index (Phi) is 5.17. The molecule has 4 nitrogen and oxygen atoms in total. The molecular formula is C13H24O4. The molecule has 1 atom stereocenters. The molecule has 0 saturated heterocycles. The number of hydrogen-bond donors (Lipinski definition) is 0. The molecule has 0 heterocycles. The first-order valence-electron chi connectivity index (χ1n) is 5.79. The Morgan fingerprint density at radius 2 is 1.53 bits per heavy atom. The zero-order valence-corrected chi connectivity index (χ0v) is 11.9. The van der Waals surface area contributed by atoms with Crippen molar-refractivity contribution in [1.29, 1.82) is 0 Å². The van der Waals surface area contributed by atoms with Crippen molar-refractivity contribution in [3.8, 4) is 0 Å². The standard InChI is InChI=1S/C13H24O4/c1-9(14)16-8-10(12(2,3)4)17-11(15)13(5,6)7/h10H,8H2,1-7H3. The maximum atomic E-state index is 11.8. The summed E-state index contributed by atoms with van der Waals surface area (Å²) in [6.45, 7) is 12.6. The van der Waals surface area contributed by atoms with Gasteiger partial charge >= 0.3 is 11.9 Å². The highest BCUT2D eigenvalue weighted by Crippen LogP contribution is 2.26. The van der Waals surface area contributed by atoms with E-state index in [-0.39, 0.29) is 24.0 Å². The summed E-state index contributed by atoms with van der Waals surface area (Å²) in [6, 6.07) is 0. The van der Waals surface area contributed by atoms with E-state index in [1.807, 2.05) is 20.8 Å². The monoisotopic (exact) mass is 244 g/mol. The lowest BCUT2D eigenvalue weighted by Crippen LogP contribution is -2.39. The van der Waals surface area contributed by atoms with Gasteiger partial charge in [-0.2, -0.15) is 0 Å². The Labute approximate surface area is 104 Å². The van der Waals surface area contributed by atoms with Crippen LogP contribution < -0.4 is 0 Å². The number of rotatable bonds is 3. The fourth-order valence-electron chi connectivity index (χ4n) is 0.960. The van der Waals surface area contributed by atoms with Gasteiger partial charge in [0.25, 0.3) is 0 Å². The van der Waals surface area contributed by atoms with Crippen molar-refractivity contribution < 1.29 is 19.1 Å². The smallest absolute Gasteiger partial charge is 0.311 e. The van der Waals surface area contributed by atoms with E-state index < -0.39 is 11.5 Å². The molecule has 0 aromatic rings. The number of carbonyl (C=O) groups excluding carboxylic acids is 2. The van der Waals surface area contributed by atoms with Gasteiger partial charge in [-0.15, -0.1) is 0 Å². The Hall–Kier alpha value is -1.06. The second-order valence-electron chi connectivity index (χ2n) is 6.31. The third kappa shape index (κ3) is 6.29. The van der Waals surface area contributed by atoms with Crippen LogP contribution in [-0.2, 0) is 19.1 Å². The molecule has 0 rings (SSSR count). The van der Waals surface area contributed by atoms with Crippen LogP contribution in [0.15, 0.2) is 0 Å². The molecule has 0 spiro atoms. The zero-order valence-electron chi connectivity index (χ0n) is 11.9. The maximum Gasteiger partial charge on any atom is 0.311 e. The molecule has 0 aromatic carbocycles. The van der Waals surface area contributed by atoms with Crippen LogP contribution in [0, 0.1) is 10.8 Å². The summed E-state index contributed by atoms with van der Waals surface area (Å²) >= 11 is 0. The normalized spacial score (nSPS) is 14.1. The summed E-state index contributed by atoms with van der Waals surface area (Å²) < 4.78 is 10.3. The Bertz CT molecular complexity index is 281. The van der Waals surface area contributed by atoms with Gasteiger partial charge in [0, 0.05) is 12.3 Å². The largest absolute Gasteiger partial charge is 0.462 e. The molecule has 0 fully saturated rings. The van der Waals surface area contributed by atoms with Crippen molar-refractivity contribution in [2.45, 2.75) is 54.6 Å². The van der Waals surface area contributed by atoms with Crippen molar-refractivity contribution in [2.75, 3.05) is 6.61 Å². The predicted octanol–water partition coefficient (Wildman–Crippen LogP) is 2.55. The minimum absolute atomic E-state index is 0.0979. The molecule has 0 aliphatic heterocycles. The SMILES string of the molecule is CC(=O)OCC(OC(=O)C(C)(C)C)C(C)(C)C. The molecule has 0 aliphatic rings. The van der Waals surface area contributed by atoms with E-state index in [2.05, 4.69) is 0 Å². The second kappa shape index (κ2) is 5.52. The first kappa shape index (κ1) is 15.9. The van der Waals surface area contributed by atoms with E-state index in [1.165, 1.54) is 6.92 Å². The lowest BCUT2D eigenvalue weighted by atomic mass is 9.89. The molecule has 0 saturated carbocycles. The molecular weight excluding hydrogens is 220 g/mol. The van der Waals surface area contributed by atoms with Crippen LogP contribution in [-0.4, -0.2) is 24.6 Å². The van der Waals surface area contributed by atoms with Crippen molar-refractivity contribution >= 4 is 11.9 Å². The van der Waals surface area contributed by atoms with Gasteiger partial charge in [-0.3, -0.25) is 9.59 Å². The maximum absolute atomic E-state index is 11.8. The van der Waals surface area contributed by atoms with Gasteiger partial charge in [0.15, 0.2) is 0 Å². The lowest BCUT2D eigenvalue weighted by Gasteiger charge is -2.32. The minimum atomic E-state index is -0.556. The summed E-state index contributed by atoms with van der Waals surface area (Å²) in [7, 11) is 0. The Morgan fingerprint density at radius 1 is 1.06 bits per heavy atom. The third-order valence-corrected chi connectivity index (χ3v) is 2.27. The fraction of sp³-hybridized carbons (Fsp3) is 0.846. The van der Waals surface area contributed by atoms with Gasteiger partial charge in [-0.25, -0.2) is 0 Å². The fourth-order valence-corrected chi connectivity index (χ4v) is 0.960. The van der Waals surface area contributed by atoms with Crippen molar-refractivity contribution in [3.63, 3.8) is 0 Å². The zero-order chi connectivity index (χ0) is 13.9. The predicted molar refractivity (Wildman–Crippen MR) is 65.4 cm³/mol. The van der Waals surface area contributed by atoms with Crippen LogP contribution in [0.5, 0.6) is 0 Å². The van der Waals surface area contributed by atoms with Crippen LogP contribution in [0.4, 0.5) is 0 Å². The van der Waals surface area contributed by atoms with Gasteiger partial charge in [-0.1, -0.05) is 20.8 Å². The summed E-state index contributed by atoms with van der Waals surface area (Å²) in [5, 5.41) is 0. The van der Waals surface area contributed by atoms with Gasteiger partial charge < -0.3 is 9.47 Å². The highest BCUT2D eigenvalue weighted by molar-refractivity contribution is 5.75. The molecule has 1 unspecified atom stereocenters. The second-order valence-corrected chi connectivity index (χ2v) is 6.31. The summed E-state index contributed by atoms with van der Waals surface area (Å²) in [4.78, 5) is 22.6. The first-order valence-corrected chi connectivity index (χ1v) is 5.79. The summed E-state index contributed by atoms with van der Waals surface area (Å²) in [6.07, 6.45) is -0.432. The van der Waals surface area contributed by atoms with E-state index in [1.54, 1.807) is 20.8 Å². The van der Waals surface area contributed by atoms with Gasteiger partial charge in [0.05, 0.1) is 5.41 Å². The van der Waals surface area contributed by atoms with Gasteiger partial charge in [-0.05, 0) is 20.8 Å². The Balaban J connectivity index is 4.62. The number of hydrogen-bond acceptors (Lipinski definition) is 4. The molecule has 0 aliphatic carbocycles. The van der Waals surface area contributed by atoms with Crippen LogP contribution in [0.25, 0.3) is 0 Å². The number of carbonyl (C=O) groups is 2. The third-order valence-electron chi connectivity index (χ3n) is 2.27. The van der Waals surface area contributed by atoms with Crippen molar-refractivity contribution in [1.82, 2.24) is 0 Å². The van der Waals surface area contributed by atoms with E-state index in [4.69, 9.17) is 9.47 Å². The highest BCUT2D eigenvalue weighted by Gasteiger charge is 2.33. The molecule has 0 N–H and O–H groups in total. The first-order chi connectivity index (χ1) is 7.44. The van der Waals surface area contributed by atoms with Gasteiger partial charge in [0.2, 0.25) is 0 Å². The molecule has 100 valence electrons. The topological polar surface area (TPSA) is 52.6 Å². The lowest BCUT2D eigenvalue weighted by molar-refractivity contribution is -0.172. The number of ether oxygens (including phenoxy) is 2. The molecule has 4 heteroatoms. The number of esters is 2. The van der Waals surface area contributed by atoms with Crippen molar-refractivity contribution in [2.24, 2.45) is 10.8 Å². The van der Waals surface area contributed by atoms with Gasteiger partial charge in [0.1, 0.15) is 12.7 Å². The molecule has 17 heavy (non-hydrogen) atoms. The van der Waals surface area contributed by atoms with E-state index in [0.717, 1.165) is 0 Å². The van der Waals surface area contributed by atoms with Crippen LogP contribution in [0.1, 0.15) is 48.5 Å². The molecule has 0 aromatic heterocycles. The average Bonchev–Trinajstić information content (AvgIpc) is 2.07. The van der Waals surface area contributed by atoms with E-state index in [0.29, 0.717) is 0 Å². The quantitative estimate of drug-likeness (QED) is 0.716. The van der Waals surface area contributed by atoms with E-state index in [9.17, 15) is 9.59 Å². The average molecular weight is 244 g/mol. The van der Waals surface area contributed by atoms with E-state index >= 15 is 0 Å². The molecule has 0 amide bonds. The van der Waals surface area contributed by atoms with Crippen LogP contribution in [0.3, 0.4) is 0 Å². The highest BCUT2D eigenvalue weighted by atomic mass is 16.6. The Morgan fingerprint density at radius 3 is 1.82 bits per heavy atom. The van der Waals surface area contributed by atoms with Crippen molar-refractivity contribution in [3.05, 3.63) is 0 Å². The van der Waals surface area contributed by atoms with Crippen LogP contribution in [0.2, 0.25) is 0 Å². The van der Waals surface area contributed by atoms with Crippen LogP contribution >= 0.6 is 0 Å². The molecule has 0 radical (unpaired) electrons.